The summed E-state index contributed by atoms with van der Waals surface area (Å²) in [4.78, 5) is 0. The Hall–Kier alpha value is -2.85. The maximum atomic E-state index is 5.95. The molecule has 1 aromatic heterocycles. The maximum Gasteiger partial charge on any atom is 0.248 e. The molecule has 3 aromatic carbocycles. The summed E-state index contributed by atoms with van der Waals surface area (Å²) in [5.74, 6) is 1.89. The zero-order valence-electron chi connectivity index (χ0n) is 17.8. The van der Waals surface area contributed by atoms with E-state index in [-0.39, 0.29) is 0 Å². The summed E-state index contributed by atoms with van der Waals surface area (Å²) in [7, 11) is 0. The Labute approximate surface area is 188 Å². The Kier molecular flexibility index (Phi) is 7.21. The minimum absolute atomic E-state index is 0.477. The van der Waals surface area contributed by atoms with E-state index >= 15 is 0 Å². The second-order valence-electron chi connectivity index (χ2n) is 7.76. The van der Waals surface area contributed by atoms with Gasteiger partial charge >= 0.3 is 0 Å². The van der Waals surface area contributed by atoms with Gasteiger partial charge < -0.3 is 9.15 Å². The molecule has 5 heteroatoms. The quantitative estimate of drug-likeness (QED) is 0.237. The summed E-state index contributed by atoms with van der Waals surface area (Å²) in [6.45, 7) is 3.01. The van der Waals surface area contributed by atoms with Crippen LogP contribution >= 0.6 is 11.6 Å². The molecule has 160 valence electrons. The first-order valence-electron chi connectivity index (χ1n) is 11.0. The van der Waals surface area contributed by atoms with Gasteiger partial charge in [-0.2, -0.15) is 0 Å². The van der Waals surface area contributed by atoms with Gasteiger partial charge in [-0.25, -0.2) is 0 Å². The van der Waals surface area contributed by atoms with Gasteiger partial charge in [0.1, 0.15) is 5.75 Å². The summed E-state index contributed by atoms with van der Waals surface area (Å²) in [5, 5.41) is 11.3. The van der Waals surface area contributed by atoms with Gasteiger partial charge in [-0.1, -0.05) is 62.8 Å². The van der Waals surface area contributed by atoms with Crippen molar-refractivity contribution in [2.24, 2.45) is 0 Å². The van der Waals surface area contributed by atoms with E-state index in [0.717, 1.165) is 40.7 Å². The molecule has 0 radical (unpaired) electrons. The molecule has 0 aliphatic carbocycles. The van der Waals surface area contributed by atoms with Gasteiger partial charge in [0.05, 0.1) is 6.61 Å². The average molecular weight is 435 g/mol. The Morgan fingerprint density at radius 3 is 2.19 bits per heavy atom. The summed E-state index contributed by atoms with van der Waals surface area (Å²) >= 11 is 5.95. The first kappa shape index (κ1) is 21.4. The summed E-state index contributed by atoms with van der Waals surface area (Å²) in [5.41, 5.74) is 1.73. The molecule has 0 saturated carbocycles. The molecule has 0 aliphatic rings. The number of hydrogen-bond acceptors (Lipinski definition) is 4. The average Bonchev–Trinajstić information content (AvgIpc) is 3.29. The third-order valence-electron chi connectivity index (χ3n) is 5.34. The van der Waals surface area contributed by atoms with Crippen LogP contribution in [0.3, 0.4) is 0 Å². The zero-order valence-corrected chi connectivity index (χ0v) is 18.6. The van der Waals surface area contributed by atoms with Crippen LogP contribution < -0.4 is 4.74 Å². The summed E-state index contributed by atoms with van der Waals surface area (Å²) in [6, 6.07) is 19.7. The lowest BCUT2D eigenvalue weighted by Gasteiger charge is -2.08. The van der Waals surface area contributed by atoms with Crippen LogP contribution in [-0.4, -0.2) is 16.8 Å². The molecule has 31 heavy (non-hydrogen) atoms. The number of aromatic nitrogens is 2. The fourth-order valence-electron chi connectivity index (χ4n) is 3.57. The SMILES string of the molecule is CCCCCCCCOc1ccc2cc(-c3nnc(-c4ccc(Cl)cc4)o3)ccc2c1. The van der Waals surface area contributed by atoms with Gasteiger partial charge in [0.25, 0.3) is 0 Å². The number of nitrogens with zero attached hydrogens (tertiary/aromatic N) is 2. The predicted octanol–water partition coefficient (Wildman–Crippen LogP) is 7.95. The standard InChI is InChI=1S/C26H27ClN2O2/c1-2-3-4-5-6-7-16-30-24-15-12-20-17-22(9-8-21(20)18-24)26-29-28-25(31-26)19-10-13-23(27)14-11-19/h8-15,17-18H,2-7,16H2,1H3. The molecule has 4 aromatic rings. The van der Waals surface area contributed by atoms with Crippen molar-refractivity contribution in [3.8, 4) is 28.7 Å². The van der Waals surface area contributed by atoms with Crippen molar-refractivity contribution >= 4 is 22.4 Å². The second kappa shape index (κ2) is 10.5. The van der Waals surface area contributed by atoms with E-state index < -0.39 is 0 Å². The molecular weight excluding hydrogens is 408 g/mol. The Balaban J connectivity index is 1.40. The zero-order chi connectivity index (χ0) is 21.5. The number of halogens is 1. The van der Waals surface area contributed by atoms with Crippen molar-refractivity contribution in [1.29, 1.82) is 0 Å². The molecule has 0 fully saturated rings. The first-order chi connectivity index (χ1) is 15.2. The van der Waals surface area contributed by atoms with Gasteiger partial charge in [0.15, 0.2) is 0 Å². The number of unbranched alkanes of at least 4 members (excludes halogenated alkanes) is 5. The fraction of sp³-hybridized carbons (Fsp3) is 0.308. The van der Waals surface area contributed by atoms with Crippen molar-refractivity contribution in [1.82, 2.24) is 10.2 Å². The molecule has 0 amide bonds. The first-order valence-corrected chi connectivity index (χ1v) is 11.4. The van der Waals surface area contributed by atoms with Crippen LogP contribution in [0.2, 0.25) is 5.02 Å². The van der Waals surface area contributed by atoms with Crippen LogP contribution in [-0.2, 0) is 0 Å². The molecule has 0 spiro atoms. The Morgan fingerprint density at radius 2 is 1.39 bits per heavy atom. The minimum atomic E-state index is 0.477. The van der Waals surface area contributed by atoms with Gasteiger partial charge in [-0.05, 0) is 65.7 Å². The van der Waals surface area contributed by atoms with E-state index in [1.807, 2.05) is 36.4 Å². The van der Waals surface area contributed by atoms with Crippen molar-refractivity contribution in [2.45, 2.75) is 45.4 Å². The van der Waals surface area contributed by atoms with Crippen molar-refractivity contribution in [2.75, 3.05) is 6.61 Å². The highest BCUT2D eigenvalue weighted by molar-refractivity contribution is 6.30. The number of benzene rings is 3. The summed E-state index contributed by atoms with van der Waals surface area (Å²) < 4.78 is 11.8. The number of rotatable bonds is 10. The topological polar surface area (TPSA) is 48.2 Å². The molecule has 0 atom stereocenters. The van der Waals surface area contributed by atoms with Crippen LogP contribution in [0.15, 0.2) is 65.1 Å². The molecule has 0 unspecified atom stereocenters. The van der Waals surface area contributed by atoms with Crippen LogP contribution in [0.25, 0.3) is 33.7 Å². The normalized spacial score (nSPS) is 11.2. The minimum Gasteiger partial charge on any atom is -0.494 e. The van der Waals surface area contributed by atoms with Gasteiger partial charge in [0, 0.05) is 16.1 Å². The number of fused-ring (bicyclic) bond motifs is 1. The molecule has 0 aliphatic heterocycles. The van der Waals surface area contributed by atoms with E-state index in [1.165, 1.54) is 32.1 Å². The second-order valence-corrected chi connectivity index (χ2v) is 8.20. The highest BCUT2D eigenvalue weighted by Crippen LogP contribution is 2.29. The van der Waals surface area contributed by atoms with Gasteiger partial charge in [0.2, 0.25) is 11.8 Å². The third-order valence-corrected chi connectivity index (χ3v) is 5.59. The third kappa shape index (κ3) is 5.65. The van der Waals surface area contributed by atoms with Crippen LogP contribution in [0.4, 0.5) is 0 Å². The molecule has 1 heterocycles. The van der Waals surface area contributed by atoms with E-state index in [0.29, 0.717) is 16.8 Å². The fourth-order valence-corrected chi connectivity index (χ4v) is 3.69. The molecule has 4 rings (SSSR count). The lowest BCUT2D eigenvalue weighted by atomic mass is 10.1. The predicted molar refractivity (Wildman–Crippen MR) is 127 cm³/mol. The maximum absolute atomic E-state index is 5.95. The van der Waals surface area contributed by atoms with E-state index in [2.05, 4.69) is 41.4 Å². The highest BCUT2D eigenvalue weighted by Gasteiger charge is 2.11. The van der Waals surface area contributed by atoms with Crippen LogP contribution in [0.5, 0.6) is 5.75 Å². The molecule has 0 N–H and O–H groups in total. The number of hydrogen-bond donors (Lipinski definition) is 0. The van der Waals surface area contributed by atoms with Gasteiger partial charge in [-0.3, -0.25) is 0 Å². The lowest BCUT2D eigenvalue weighted by Crippen LogP contribution is -1.97. The van der Waals surface area contributed by atoms with Crippen LogP contribution in [0, 0.1) is 0 Å². The largest absolute Gasteiger partial charge is 0.494 e. The monoisotopic (exact) mass is 434 g/mol. The van der Waals surface area contributed by atoms with E-state index in [4.69, 9.17) is 20.8 Å². The van der Waals surface area contributed by atoms with Crippen molar-refractivity contribution < 1.29 is 9.15 Å². The van der Waals surface area contributed by atoms with Crippen molar-refractivity contribution in [3.63, 3.8) is 0 Å². The molecule has 0 saturated heterocycles. The van der Waals surface area contributed by atoms with E-state index in [1.54, 1.807) is 0 Å². The molecule has 4 nitrogen and oxygen atoms in total. The van der Waals surface area contributed by atoms with Crippen LogP contribution in [0.1, 0.15) is 45.4 Å². The molecule has 0 bridgehead atoms. The Morgan fingerprint density at radius 1 is 0.742 bits per heavy atom. The van der Waals surface area contributed by atoms with E-state index in [9.17, 15) is 0 Å². The van der Waals surface area contributed by atoms with Crippen molar-refractivity contribution in [3.05, 3.63) is 65.7 Å². The highest BCUT2D eigenvalue weighted by atomic mass is 35.5. The lowest BCUT2D eigenvalue weighted by molar-refractivity contribution is 0.305. The van der Waals surface area contributed by atoms with Gasteiger partial charge in [-0.15, -0.1) is 10.2 Å². The Bertz CT molecular complexity index is 1120. The summed E-state index contributed by atoms with van der Waals surface area (Å²) in [6.07, 6.45) is 7.58. The number of ether oxygens (including phenoxy) is 1. The molecular formula is C26H27ClN2O2. The smallest absolute Gasteiger partial charge is 0.248 e.